The van der Waals surface area contributed by atoms with Gasteiger partial charge in [0.1, 0.15) is 0 Å². The Bertz CT molecular complexity index is 819. The standard InChI is InChI=1S/C20H23ClN4/c21-17-4-6-18(7-5-17)25-12-10-24(11-13-25)9-1-2-16-3-8-19-20(14-16)23-15-22-19/h3-8,14-15H,1-2,9-13H2,(H,22,23). The van der Waals surface area contributed by atoms with Gasteiger partial charge in [-0.15, -0.1) is 0 Å². The molecule has 0 bridgehead atoms. The van der Waals surface area contributed by atoms with Crippen molar-refractivity contribution in [3.8, 4) is 0 Å². The van der Waals surface area contributed by atoms with Gasteiger partial charge in [0.15, 0.2) is 0 Å². The maximum absolute atomic E-state index is 5.97. The highest BCUT2D eigenvalue weighted by Gasteiger charge is 2.16. The van der Waals surface area contributed by atoms with Gasteiger partial charge < -0.3 is 9.88 Å². The molecule has 1 fully saturated rings. The van der Waals surface area contributed by atoms with Gasteiger partial charge >= 0.3 is 0 Å². The highest BCUT2D eigenvalue weighted by atomic mass is 35.5. The third-order valence-electron chi connectivity index (χ3n) is 4.99. The van der Waals surface area contributed by atoms with E-state index >= 15 is 0 Å². The number of benzene rings is 2. The Morgan fingerprint density at radius 2 is 1.80 bits per heavy atom. The number of nitrogens with one attached hydrogen (secondary N) is 1. The molecule has 0 amide bonds. The molecule has 1 N–H and O–H groups in total. The van der Waals surface area contributed by atoms with Crippen LogP contribution in [-0.2, 0) is 6.42 Å². The van der Waals surface area contributed by atoms with Crippen LogP contribution in [0.25, 0.3) is 11.0 Å². The molecule has 5 heteroatoms. The average Bonchev–Trinajstić information content (AvgIpc) is 3.11. The van der Waals surface area contributed by atoms with Crippen LogP contribution in [0.3, 0.4) is 0 Å². The number of hydrogen-bond donors (Lipinski definition) is 1. The molecule has 1 aliphatic rings. The molecule has 2 heterocycles. The Morgan fingerprint density at radius 1 is 1.00 bits per heavy atom. The molecule has 4 nitrogen and oxygen atoms in total. The second kappa shape index (κ2) is 7.46. The number of nitrogens with zero attached hydrogens (tertiary/aromatic N) is 3. The van der Waals surface area contributed by atoms with Crippen molar-refractivity contribution >= 4 is 28.3 Å². The molecule has 0 spiro atoms. The van der Waals surface area contributed by atoms with E-state index in [0.717, 1.165) is 55.2 Å². The minimum absolute atomic E-state index is 0.802. The van der Waals surface area contributed by atoms with Crippen LogP contribution in [0, 0.1) is 0 Å². The molecule has 0 saturated carbocycles. The Hall–Kier alpha value is -2.04. The molecule has 0 atom stereocenters. The van der Waals surface area contributed by atoms with Crippen molar-refractivity contribution in [2.24, 2.45) is 0 Å². The number of fused-ring (bicyclic) bond motifs is 1. The lowest BCUT2D eigenvalue weighted by Crippen LogP contribution is -2.46. The van der Waals surface area contributed by atoms with E-state index in [1.54, 1.807) is 6.33 Å². The molecule has 0 radical (unpaired) electrons. The third-order valence-corrected chi connectivity index (χ3v) is 5.24. The first kappa shape index (κ1) is 16.4. The van der Waals surface area contributed by atoms with Gasteiger partial charge in [0, 0.05) is 36.9 Å². The van der Waals surface area contributed by atoms with Crippen LogP contribution in [0.4, 0.5) is 5.69 Å². The predicted molar refractivity (Wildman–Crippen MR) is 105 cm³/mol. The summed E-state index contributed by atoms with van der Waals surface area (Å²) in [4.78, 5) is 12.5. The number of aromatic amines is 1. The molecule has 1 aromatic heterocycles. The van der Waals surface area contributed by atoms with Crippen molar-refractivity contribution < 1.29 is 0 Å². The molecule has 4 rings (SSSR count). The van der Waals surface area contributed by atoms with Crippen LogP contribution in [0.15, 0.2) is 48.8 Å². The molecule has 25 heavy (non-hydrogen) atoms. The highest BCUT2D eigenvalue weighted by Crippen LogP contribution is 2.19. The third kappa shape index (κ3) is 3.97. The first-order valence-electron chi connectivity index (χ1n) is 8.93. The normalized spacial score (nSPS) is 15.8. The van der Waals surface area contributed by atoms with Crippen molar-refractivity contribution in [1.29, 1.82) is 0 Å². The van der Waals surface area contributed by atoms with E-state index in [0.29, 0.717) is 0 Å². The Labute approximate surface area is 153 Å². The highest BCUT2D eigenvalue weighted by molar-refractivity contribution is 6.30. The van der Waals surface area contributed by atoms with Crippen molar-refractivity contribution in [1.82, 2.24) is 14.9 Å². The largest absolute Gasteiger partial charge is 0.369 e. The zero-order valence-electron chi connectivity index (χ0n) is 14.3. The van der Waals surface area contributed by atoms with Crippen LogP contribution >= 0.6 is 11.6 Å². The van der Waals surface area contributed by atoms with Gasteiger partial charge in [-0.2, -0.15) is 0 Å². The summed E-state index contributed by atoms with van der Waals surface area (Å²) in [6, 6.07) is 14.7. The fourth-order valence-corrected chi connectivity index (χ4v) is 3.65. The van der Waals surface area contributed by atoms with Crippen LogP contribution < -0.4 is 4.90 Å². The van der Waals surface area contributed by atoms with E-state index in [2.05, 4.69) is 50.1 Å². The lowest BCUT2D eigenvalue weighted by atomic mass is 10.1. The first-order chi connectivity index (χ1) is 12.3. The number of piperazine rings is 1. The summed E-state index contributed by atoms with van der Waals surface area (Å²) in [5.41, 5.74) is 4.84. The van der Waals surface area contributed by atoms with E-state index in [4.69, 9.17) is 11.6 Å². The summed E-state index contributed by atoms with van der Waals surface area (Å²) in [7, 11) is 0. The minimum atomic E-state index is 0.802. The monoisotopic (exact) mass is 354 g/mol. The summed E-state index contributed by atoms with van der Waals surface area (Å²) in [5.74, 6) is 0. The van der Waals surface area contributed by atoms with Crippen LogP contribution in [-0.4, -0.2) is 47.6 Å². The molecule has 2 aromatic carbocycles. The Morgan fingerprint density at radius 3 is 2.60 bits per heavy atom. The zero-order valence-corrected chi connectivity index (χ0v) is 15.0. The molecular weight excluding hydrogens is 332 g/mol. The smallest absolute Gasteiger partial charge is 0.0931 e. The van der Waals surface area contributed by atoms with Gasteiger partial charge in [-0.3, -0.25) is 4.90 Å². The van der Waals surface area contributed by atoms with Crippen molar-refractivity contribution in [2.45, 2.75) is 12.8 Å². The van der Waals surface area contributed by atoms with Gasteiger partial charge in [-0.05, 0) is 61.3 Å². The van der Waals surface area contributed by atoms with Gasteiger partial charge in [0.05, 0.1) is 17.4 Å². The lowest BCUT2D eigenvalue weighted by molar-refractivity contribution is 0.255. The fourth-order valence-electron chi connectivity index (χ4n) is 3.53. The summed E-state index contributed by atoms with van der Waals surface area (Å²) in [6.07, 6.45) is 4.07. The quantitative estimate of drug-likeness (QED) is 0.753. The van der Waals surface area contributed by atoms with Crippen molar-refractivity contribution in [3.05, 3.63) is 59.4 Å². The number of imidazole rings is 1. The summed E-state index contributed by atoms with van der Waals surface area (Å²) in [6.45, 7) is 5.59. The Kier molecular flexibility index (Phi) is 4.90. The fraction of sp³-hybridized carbons (Fsp3) is 0.350. The maximum atomic E-state index is 5.97. The van der Waals surface area contributed by atoms with E-state index in [1.165, 1.54) is 17.7 Å². The van der Waals surface area contributed by atoms with Crippen molar-refractivity contribution in [2.75, 3.05) is 37.6 Å². The summed E-state index contributed by atoms with van der Waals surface area (Å²) in [5, 5.41) is 0.802. The molecule has 3 aromatic rings. The maximum Gasteiger partial charge on any atom is 0.0931 e. The second-order valence-electron chi connectivity index (χ2n) is 6.66. The van der Waals surface area contributed by atoms with Gasteiger partial charge in [0.25, 0.3) is 0 Å². The molecule has 1 aliphatic heterocycles. The van der Waals surface area contributed by atoms with Gasteiger partial charge in [-0.25, -0.2) is 4.98 Å². The van der Waals surface area contributed by atoms with Gasteiger partial charge in [0.2, 0.25) is 0 Å². The minimum Gasteiger partial charge on any atom is -0.369 e. The topological polar surface area (TPSA) is 35.2 Å². The molecule has 1 saturated heterocycles. The van der Waals surface area contributed by atoms with Crippen LogP contribution in [0.2, 0.25) is 5.02 Å². The number of hydrogen-bond acceptors (Lipinski definition) is 3. The molecule has 130 valence electrons. The summed E-state index contributed by atoms with van der Waals surface area (Å²) < 4.78 is 0. The van der Waals surface area contributed by atoms with Gasteiger partial charge in [-0.1, -0.05) is 17.7 Å². The first-order valence-corrected chi connectivity index (χ1v) is 9.31. The zero-order chi connectivity index (χ0) is 17.1. The predicted octanol–water partition coefficient (Wildman–Crippen LogP) is 3.97. The van der Waals surface area contributed by atoms with E-state index in [-0.39, 0.29) is 0 Å². The SMILES string of the molecule is Clc1ccc(N2CCN(CCCc3ccc4nc[nH]c4c3)CC2)cc1. The summed E-state index contributed by atoms with van der Waals surface area (Å²) >= 11 is 5.97. The molecular formula is C20H23ClN4. The lowest BCUT2D eigenvalue weighted by Gasteiger charge is -2.36. The Balaban J connectivity index is 1.24. The number of aromatic nitrogens is 2. The number of H-pyrrole nitrogens is 1. The number of anilines is 1. The second-order valence-corrected chi connectivity index (χ2v) is 7.10. The number of halogens is 1. The molecule has 0 unspecified atom stereocenters. The van der Waals surface area contributed by atoms with Crippen molar-refractivity contribution in [3.63, 3.8) is 0 Å². The van der Waals surface area contributed by atoms with E-state index in [1.807, 2.05) is 12.1 Å². The van der Waals surface area contributed by atoms with Crippen LogP contribution in [0.5, 0.6) is 0 Å². The number of aryl methyl sites for hydroxylation is 1. The van der Waals surface area contributed by atoms with Crippen LogP contribution in [0.1, 0.15) is 12.0 Å². The molecule has 0 aliphatic carbocycles. The van der Waals surface area contributed by atoms with E-state index in [9.17, 15) is 0 Å². The number of rotatable bonds is 5. The van der Waals surface area contributed by atoms with E-state index < -0.39 is 0 Å². The average molecular weight is 355 g/mol.